The van der Waals surface area contributed by atoms with E-state index >= 15 is 0 Å². The molecule has 0 saturated carbocycles. The number of likely N-dealkylation sites (tertiary alicyclic amines) is 1. The second kappa shape index (κ2) is 7.82. The molecule has 0 aromatic heterocycles. The Morgan fingerprint density at radius 1 is 1.12 bits per heavy atom. The largest absolute Gasteiger partial charge is 0.437 e. The fourth-order valence-corrected chi connectivity index (χ4v) is 5.22. The van der Waals surface area contributed by atoms with Crippen LogP contribution in [0, 0.1) is 21.0 Å². The molecule has 3 heterocycles. The first-order valence-corrected chi connectivity index (χ1v) is 11.4. The van der Waals surface area contributed by atoms with E-state index in [1.807, 2.05) is 22.6 Å². The lowest BCUT2D eigenvalue weighted by Gasteiger charge is -2.50. The van der Waals surface area contributed by atoms with E-state index in [9.17, 15) is 22.8 Å². The summed E-state index contributed by atoms with van der Waals surface area (Å²) in [4.78, 5) is 28.5. The van der Waals surface area contributed by atoms with Crippen LogP contribution in [-0.4, -0.2) is 53.1 Å². The number of amides is 2. The quantitative estimate of drug-likeness (QED) is 0.559. The summed E-state index contributed by atoms with van der Waals surface area (Å²) < 4.78 is 49.2. The normalized spacial score (nSPS) is 21.2. The number of nitrogens with one attached hydrogen (secondary N) is 1. The van der Waals surface area contributed by atoms with Gasteiger partial charge in [-0.2, -0.15) is 0 Å². The monoisotopic (exact) mass is 557 g/mol. The van der Waals surface area contributed by atoms with Crippen molar-refractivity contribution in [3.8, 4) is 0 Å². The van der Waals surface area contributed by atoms with E-state index in [4.69, 9.17) is 4.74 Å². The molecule has 6 nitrogen and oxygen atoms in total. The van der Waals surface area contributed by atoms with Crippen LogP contribution in [0.2, 0.25) is 0 Å². The summed E-state index contributed by atoms with van der Waals surface area (Å²) in [5, 5.41) is 2.54. The number of benzene rings is 2. The smallest absolute Gasteiger partial charge is 0.410 e. The molecule has 32 heavy (non-hydrogen) atoms. The number of halogens is 4. The van der Waals surface area contributed by atoms with Crippen LogP contribution in [0.25, 0.3) is 0 Å². The molecule has 1 spiro atoms. The number of anilines is 2. The van der Waals surface area contributed by atoms with Crippen molar-refractivity contribution in [2.24, 2.45) is 0 Å². The number of hydrogen-bond acceptors (Lipinski definition) is 4. The van der Waals surface area contributed by atoms with Gasteiger partial charge in [-0.1, -0.05) is 0 Å². The van der Waals surface area contributed by atoms with Crippen LogP contribution in [0.15, 0.2) is 30.3 Å². The van der Waals surface area contributed by atoms with E-state index < -0.39 is 34.6 Å². The number of rotatable bonds is 3. The number of carbonyl (C=O) groups is 2. The standard InChI is InChI=1S/C22H19F3IN3O3/c23-14-6-5-13(19(18(14)25)27-16-7-4-12(26)9-15(16)24)20(30)28-10-22(11-28)17-3-1-2-8-29(17)21(31)32-22/h4-7,9,17,27H,1-3,8,10-11H2/t17-/m0/s1. The van der Waals surface area contributed by atoms with Gasteiger partial charge >= 0.3 is 6.09 Å². The lowest BCUT2D eigenvalue weighted by molar-refractivity contribution is -0.0818. The molecule has 0 unspecified atom stereocenters. The van der Waals surface area contributed by atoms with Gasteiger partial charge in [0.15, 0.2) is 17.2 Å². The molecule has 10 heteroatoms. The zero-order chi connectivity index (χ0) is 22.6. The van der Waals surface area contributed by atoms with E-state index in [1.165, 1.54) is 23.1 Å². The first-order chi connectivity index (χ1) is 15.3. The molecule has 0 bridgehead atoms. The zero-order valence-electron chi connectivity index (χ0n) is 16.8. The summed E-state index contributed by atoms with van der Waals surface area (Å²) in [6.45, 7) is 0.988. The molecule has 0 radical (unpaired) electrons. The van der Waals surface area contributed by atoms with Gasteiger partial charge in [0, 0.05) is 10.1 Å². The van der Waals surface area contributed by atoms with Crippen LogP contribution in [0.1, 0.15) is 29.6 Å². The molecular formula is C22H19F3IN3O3. The fourth-order valence-electron chi connectivity index (χ4n) is 4.76. The molecule has 2 amide bonds. The van der Waals surface area contributed by atoms with Gasteiger partial charge in [0.05, 0.1) is 36.1 Å². The molecule has 2 aromatic carbocycles. The molecule has 5 rings (SSSR count). The summed E-state index contributed by atoms with van der Waals surface area (Å²) in [7, 11) is 0. The van der Waals surface area contributed by atoms with Crippen molar-refractivity contribution >= 4 is 46.0 Å². The second-order valence-electron chi connectivity index (χ2n) is 8.33. The lowest BCUT2D eigenvalue weighted by atomic mass is 9.81. The van der Waals surface area contributed by atoms with Crippen LogP contribution < -0.4 is 5.32 Å². The highest BCUT2D eigenvalue weighted by molar-refractivity contribution is 14.1. The maximum atomic E-state index is 14.7. The first kappa shape index (κ1) is 21.4. The van der Waals surface area contributed by atoms with Crippen molar-refractivity contribution < 1.29 is 27.5 Å². The molecule has 3 aliphatic rings. The molecular weight excluding hydrogens is 538 g/mol. The minimum absolute atomic E-state index is 0.0772. The predicted octanol–water partition coefficient (Wildman–Crippen LogP) is 4.65. The van der Waals surface area contributed by atoms with Crippen molar-refractivity contribution in [2.75, 3.05) is 25.0 Å². The Bertz CT molecular complexity index is 1120. The Balaban J connectivity index is 1.40. The number of piperidine rings is 1. The highest BCUT2D eigenvalue weighted by Gasteiger charge is 2.61. The van der Waals surface area contributed by atoms with Crippen LogP contribution >= 0.6 is 22.6 Å². The van der Waals surface area contributed by atoms with Gasteiger partial charge in [0.2, 0.25) is 0 Å². The molecule has 3 fully saturated rings. The molecule has 1 atom stereocenters. The number of nitrogens with zero attached hydrogens (tertiary/aromatic N) is 2. The van der Waals surface area contributed by atoms with Gasteiger partial charge in [-0.25, -0.2) is 18.0 Å². The third kappa shape index (κ3) is 3.39. The van der Waals surface area contributed by atoms with Crippen molar-refractivity contribution in [3.05, 3.63) is 56.9 Å². The van der Waals surface area contributed by atoms with Gasteiger partial charge in [0.25, 0.3) is 5.91 Å². The van der Waals surface area contributed by atoms with Crippen molar-refractivity contribution in [1.29, 1.82) is 0 Å². The van der Waals surface area contributed by atoms with Gasteiger partial charge < -0.3 is 19.9 Å². The maximum Gasteiger partial charge on any atom is 0.410 e. The molecule has 3 saturated heterocycles. The Hall–Kier alpha value is -2.50. The average Bonchev–Trinajstić information content (AvgIpc) is 3.05. The first-order valence-electron chi connectivity index (χ1n) is 10.3. The third-order valence-corrected chi connectivity index (χ3v) is 7.03. The van der Waals surface area contributed by atoms with Gasteiger partial charge in [-0.05, 0) is 72.2 Å². The lowest BCUT2D eigenvalue weighted by Crippen LogP contribution is -2.69. The molecule has 3 aliphatic heterocycles. The highest BCUT2D eigenvalue weighted by atomic mass is 127. The Kier molecular flexibility index (Phi) is 5.22. The summed E-state index contributed by atoms with van der Waals surface area (Å²) in [6.07, 6.45) is 2.33. The summed E-state index contributed by atoms with van der Waals surface area (Å²) in [5.74, 6) is -3.63. The Morgan fingerprint density at radius 2 is 1.91 bits per heavy atom. The minimum atomic E-state index is -1.27. The minimum Gasteiger partial charge on any atom is -0.437 e. The molecule has 0 aliphatic carbocycles. The van der Waals surface area contributed by atoms with Crippen molar-refractivity contribution in [3.63, 3.8) is 0 Å². The Labute approximate surface area is 195 Å². The van der Waals surface area contributed by atoms with Gasteiger partial charge in [-0.3, -0.25) is 4.79 Å². The average molecular weight is 557 g/mol. The molecule has 2 aromatic rings. The highest BCUT2D eigenvalue weighted by Crippen LogP contribution is 2.43. The second-order valence-corrected chi connectivity index (χ2v) is 9.58. The van der Waals surface area contributed by atoms with Gasteiger partial charge in [-0.15, -0.1) is 0 Å². The predicted molar refractivity (Wildman–Crippen MR) is 118 cm³/mol. The summed E-state index contributed by atoms with van der Waals surface area (Å²) in [5.41, 5.74) is -1.39. The van der Waals surface area contributed by atoms with Crippen LogP contribution in [-0.2, 0) is 4.74 Å². The Morgan fingerprint density at radius 3 is 2.66 bits per heavy atom. The van der Waals surface area contributed by atoms with E-state index in [0.717, 1.165) is 25.3 Å². The van der Waals surface area contributed by atoms with Gasteiger partial charge in [0.1, 0.15) is 5.82 Å². The molecule has 1 N–H and O–H groups in total. The topological polar surface area (TPSA) is 61.9 Å². The van der Waals surface area contributed by atoms with E-state index in [0.29, 0.717) is 10.1 Å². The number of fused-ring (bicyclic) bond motifs is 2. The van der Waals surface area contributed by atoms with Crippen LogP contribution in [0.5, 0.6) is 0 Å². The maximum absolute atomic E-state index is 14.7. The van der Waals surface area contributed by atoms with E-state index in [1.54, 1.807) is 11.0 Å². The van der Waals surface area contributed by atoms with Crippen molar-refractivity contribution in [2.45, 2.75) is 30.9 Å². The number of hydrogen-bond donors (Lipinski definition) is 1. The fraction of sp³-hybridized carbons (Fsp3) is 0.364. The third-order valence-electron chi connectivity index (χ3n) is 6.36. The summed E-state index contributed by atoms with van der Waals surface area (Å²) >= 11 is 1.93. The summed E-state index contributed by atoms with van der Waals surface area (Å²) in [6, 6.07) is 6.19. The number of ether oxygens (including phenoxy) is 1. The van der Waals surface area contributed by atoms with Crippen LogP contribution in [0.3, 0.4) is 0 Å². The number of carbonyl (C=O) groups excluding carboxylic acids is 2. The molecule has 168 valence electrons. The van der Waals surface area contributed by atoms with E-state index in [2.05, 4.69) is 5.32 Å². The van der Waals surface area contributed by atoms with Crippen molar-refractivity contribution in [1.82, 2.24) is 9.80 Å². The van der Waals surface area contributed by atoms with E-state index in [-0.39, 0.29) is 36.5 Å². The van der Waals surface area contributed by atoms with Crippen LogP contribution in [0.4, 0.5) is 29.3 Å². The SMILES string of the molecule is O=C(c1ccc(F)c(F)c1Nc1ccc(I)cc1F)N1CC2(C1)OC(=O)N1CCCC[C@H]12. The zero-order valence-corrected chi connectivity index (χ0v) is 19.0.